The zero-order valence-electron chi connectivity index (χ0n) is 12.8. The molecule has 2 aliphatic heterocycles. The minimum Gasteiger partial charge on any atom is -0.379 e. The van der Waals surface area contributed by atoms with Gasteiger partial charge in [0.25, 0.3) is 0 Å². The third-order valence-corrected chi connectivity index (χ3v) is 4.63. The van der Waals surface area contributed by atoms with Gasteiger partial charge in [-0.25, -0.2) is 0 Å². The van der Waals surface area contributed by atoms with Gasteiger partial charge >= 0.3 is 0 Å². The number of rotatable bonds is 1. The summed E-state index contributed by atoms with van der Waals surface area (Å²) in [5, 5.41) is 2.92. The number of Topliss-reactive ketones (excluding diaryl/α,β-unsaturated/α-hetero) is 1. The molecule has 1 spiro atoms. The number of amides is 1. The second-order valence-electron chi connectivity index (χ2n) is 6.34. The summed E-state index contributed by atoms with van der Waals surface area (Å²) >= 11 is 0. The Morgan fingerprint density at radius 1 is 1.19 bits per heavy atom. The summed E-state index contributed by atoms with van der Waals surface area (Å²) in [5.41, 5.74) is 3.23. The van der Waals surface area contributed by atoms with Crippen LogP contribution in [0.2, 0.25) is 0 Å². The molecule has 2 fully saturated rings. The number of benzene rings is 1. The molecule has 2 aliphatic rings. The van der Waals surface area contributed by atoms with Gasteiger partial charge in [0.05, 0.1) is 6.61 Å². The monoisotopic (exact) mass is 287 g/mol. The van der Waals surface area contributed by atoms with Crippen LogP contribution in [0.1, 0.15) is 41.0 Å². The Kier molecular flexibility index (Phi) is 3.36. The summed E-state index contributed by atoms with van der Waals surface area (Å²) in [6, 6.07) is 4.07. The molecule has 0 saturated carbocycles. The van der Waals surface area contributed by atoms with Crippen LogP contribution in [0, 0.1) is 20.8 Å². The van der Waals surface area contributed by atoms with Gasteiger partial charge in [0.2, 0.25) is 5.91 Å². The predicted molar refractivity (Wildman–Crippen MR) is 79.3 cm³/mol. The van der Waals surface area contributed by atoms with E-state index in [1.807, 2.05) is 32.9 Å². The van der Waals surface area contributed by atoms with Crippen molar-refractivity contribution >= 4 is 11.7 Å². The molecule has 0 aromatic heterocycles. The largest absolute Gasteiger partial charge is 0.379 e. The second-order valence-corrected chi connectivity index (χ2v) is 6.34. The number of ketones is 1. The summed E-state index contributed by atoms with van der Waals surface area (Å²) in [4.78, 5) is 25.4. The fourth-order valence-corrected chi connectivity index (χ4v) is 3.76. The van der Waals surface area contributed by atoms with Crippen LogP contribution < -0.4 is 5.32 Å². The minimum atomic E-state index is -0.802. The van der Waals surface area contributed by atoms with Crippen LogP contribution in [0.5, 0.6) is 0 Å². The van der Waals surface area contributed by atoms with E-state index in [1.165, 1.54) is 0 Å². The van der Waals surface area contributed by atoms with Crippen molar-refractivity contribution in [3.8, 4) is 0 Å². The van der Waals surface area contributed by atoms with Gasteiger partial charge in [0.15, 0.2) is 5.78 Å². The van der Waals surface area contributed by atoms with E-state index in [9.17, 15) is 9.59 Å². The van der Waals surface area contributed by atoms with Crippen molar-refractivity contribution in [2.45, 2.75) is 45.1 Å². The van der Waals surface area contributed by atoms with Gasteiger partial charge in [-0.05, 0) is 50.3 Å². The lowest BCUT2D eigenvalue weighted by atomic mass is 9.81. The molecule has 1 amide bonds. The Balaban J connectivity index is 2.04. The third-order valence-electron chi connectivity index (χ3n) is 4.63. The zero-order valence-corrected chi connectivity index (χ0v) is 12.8. The molecule has 1 N–H and O–H groups in total. The first-order chi connectivity index (χ1) is 9.94. The molecule has 21 heavy (non-hydrogen) atoms. The SMILES string of the molecule is Cc1cc(C)c(C2C(=O)NC3(CCCOC3)C2=O)c(C)c1. The molecule has 4 nitrogen and oxygen atoms in total. The molecule has 2 saturated heterocycles. The first-order valence-electron chi connectivity index (χ1n) is 7.46. The highest BCUT2D eigenvalue weighted by Gasteiger charge is 2.54. The van der Waals surface area contributed by atoms with Crippen LogP contribution in [0.3, 0.4) is 0 Å². The Hall–Kier alpha value is -1.68. The highest BCUT2D eigenvalue weighted by molar-refractivity contribution is 6.17. The number of carbonyl (C=O) groups is 2. The van der Waals surface area contributed by atoms with E-state index in [1.54, 1.807) is 0 Å². The maximum absolute atomic E-state index is 12.9. The summed E-state index contributed by atoms with van der Waals surface area (Å²) < 4.78 is 5.45. The van der Waals surface area contributed by atoms with Gasteiger partial charge < -0.3 is 10.1 Å². The van der Waals surface area contributed by atoms with Crippen LogP contribution in [-0.4, -0.2) is 30.4 Å². The van der Waals surface area contributed by atoms with Crippen molar-refractivity contribution in [2.75, 3.05) is 13.2 Å². The van der Waals surface area contributed by atoms with Crippen molar-refractivity contribution in [1.82, 2.24) is 5.32 Å². The molecular weight excluding hydrogens is 266 g/mol. The fraction of sp³-hybridized carbons (Fsp3) is 0.529. The van der Waals surface area contributed by atoms with E-state index in [0.717, 1.165) is 28.7 Å². The number of hydrogen-bond acceptors (Lipinski definition) is 3. The van der Waals surface area contributed by atoms with E-state index in [4.69, 9.17) is 4.74 Å². The first-order valence-corrected chi connectivity index (χ1v) is 7.46. The topological polar surface area (TPSA) is 55.4 Å². The molecule has 2 heterocycles. The Morgan fingerprint density at radius 3 is 2.43 bits per heavy atom. The van der Waals surface area contributed by atoms with Crippen molar-refractivity contribution in [1.29, 1.82) is 0 Å². The predicted octanol–water partition coefficient (Wildman–Crippen LogP) is 1.94. The van der Waals surface area contributed by atoms with Crippen LogP contribution >= 0.6 is 0 Å². The molecular formula is C17H21NO3. The van der Waals surface area contributed by atoms with Crippen molar-refractivity contribution in [2.24, 2.45) is 0 Å². The smallest absolute Gasteiger partial charge is 0.236 e. The first kappa shape index (κ1) is 14.3. The summed E-state index contributed by atoms with van der Waals surface area (Å²) in [6.07, 6.45) is 1.49. The van der Waals surface area contributed by atoms with Crippen molar-refractivity contribution in [3.05, 3.63) is 34.4 Å². The van der Waals surface area contributed by atoms with E-state index in [-0.39, 0.29) is 11.7 Å². The molecule has 2 unspecified atom stereocenters. The van der Waals surface area contributed by atoms with Gasteiger partial charge in [-0.3, -0.25) is 9.59 Å². The van der Waals surface area contributed by atoms with E-state index in [0.29, 0.717) is 19.6 Å². The number of ether oxygens (including phenoxy) is 1. The fourth-order valence-electron chi connectivity index (χ4n) is 3.76. The summed E-state index contributed by atoms with van der Waals surface area (Å²) in [5.74, 6) is -0.893. The van der Waals surface area contributed by atoms with Crippen molar-refractivity contribution < 1.29 is 14.3 Å². The molecule has 112 valence electrons. The van der Waals surface area contributed by atoms with E-state index >= 15 is 0 Å². The Bertz CT molecular complexity index is 591. The highest BCUT2D eigenvalue weighted by Crippen LogP contribution is 2.37. The Labute approximate surface area is 124 Å². The van der Waals surface area contributed by atoms with Gasteiger partial charge in [0.1, 0.15) is 11.5 Å². The lowest BCUT2D eigenvalue weighted by Crippen LogP contribution is -2.52. The molecule has 4 heteroatoms. The third kappa shape index (κ3) is 2.18. The maximum atomic E-state index is 12.9. The molecule has 0 aliphatic carbocycles. The minimum absolute atomic E-state index is 0.0257. The molecule has 1 aromatic rings. The van der Waals surface area contributed by atoms with Crippen LogP contribution in [0.15, 0.2) is 12.1 Å². The normalized spacial score (nSPS) is 29.0. The highest BCUT2D eigenvalue weighted by atomic mass is 16.5. The standard InChI is InChI=1S/C17H21NO3/c1-10-7-11(2)13(12(3)8-10)14-15(19)17(18-16(14)20)5-4-6-21-9-17/h7-8,14H,4-6,9H2,1-3H3,(H,18,20). The zero-order chi connectivity index (χ0) is 15.2. The van der Waals surface area contributed by atoms with Crippen molar-refractivity contribution in [3.63, 3.8) is 0 Å². The van der Waals surface area contributed by atoms with Crippen LogP contribution in [-0.2, 0) is 14.3 Å². The van der Waals surface area contributed by atoms with Crippen LogP contribution in [0.4, 0.5) is 0 Å². The number of hydrogen-bond donors (Lipinski definition) is 1. The van der Waals surface area contributed by atoms with Gasteiger partial charge in [0, 0.05) is 6.61 Å². The van der Waals surface area contributed by atoms with Gasteiger partial charge in [-0.1, -0.05) is 17.7 Å². The number of nitrogens with one attached hydrogen (secondary N) is 1. The molecule has 3 rings (SSSR count). The van der Waals surface area contributed by atoms with Gasteiger partial charge in [-0.2, -0.15) is 0 Å². The Morgan fingerprint density at radius 2 is 1.86 bits per heavy atom. The molecule has 1 aromatic carbocycles. The van der Waals surface area contributed by atoms with Gasteiger partial charge in [-0.15, -0.1) is 0 Å². The van der Waals surface area contributed by atoms with E-state index < -0.39 is 11.5 Å². The van der Waals surface area contributed by atoms with Crippen LogP contribution in [0.25, 0.3) is 0 Å². The van der Waals surface area contributed by atoms with E-state index in [2.05, 4.69) is 5.32 Å². The molecule has 0 radical (unpaired) electrons. The lowest BCUT2D eigenvalue weighted by molar-refractivity contribution is -0.128. The number of aryl methyl sites for hydroxylation is 3. The molecule has 0 bridgehead atoms. The lowest BCUT2D eigenvalue weighted by Gasteiger charge is -2.31. The summed E-state index contributed by atoms with van der Waals surface area (Å²) in [6.45, 7) is 6.93. The second kappa shape index (κ2) is 4.95. The maximum Gasteiger partial charge on any atom is 0.236 e. The number of carbonyl (C=O) groups excluding carboxylic acids is 2. The average Bonchev–Trinajstić information content (AvgIpc) is 2.63. The molecule has 2 atom stereocenters. The average molecular weight is 287 g/mol. The summed E-state index contributed by atoms with van der Waals surface area (Å²) in [7, 11) is 0. The quantitative estimate of drug-likeness (QED) is 0.803.